The lowest BCUT2D eigenvalue weighted by Gasteiger charge is -2.36. The molecule has 1 aliphatic rings. The third-order valence-electron chi connectivity index (χ3n) is 3.68. The van der Waals surface area contributed by atoms with Gasteiger partial charge in [-0.2, -0.15) is 0 Å². The van der Waals surface area contributed by atoms with E-state index in [9.17, 15) is 14.3 Å². The van der Waals surface area contributed by atoms with Crippen LogP contribution < -0.4 is 5.32 Å². The van der Waals surface area contributed by atoms with Crippen molar-refractivity contribution in [2.75, 3.05) is 6.54 Å². The van der Waals surface area contributed by atoms with Crippen LogP contribution in [0.1, 0.15) is 29.8 Å². The molecule has 2 N–H and O–H groups in total. The third kappa shape index (κ3) is 2.92. The Kier molecular flexibility index (Phi) is 3.42. The first kappa shape index (κ1) is 13.7. The van der Waals surface area contributed by atoms with Gasteiger partial charge in [0.05, 0.1) is 17.5 Å². The summed E-state index contributed by atoms with van der Waals surface area (Å²) in [4.78, 5) is 11.9. The molecule has 0 atom stereocenters. The first-order chi connectivity index (χ1) is 10.1. The van der Waals surface area contributed by atoms with E-state index in [4.69, 9.17) is 0 Å². The maximum absolute atomic E-state index is 12.9. The van der Waals surface area contributed by atoms with Crippen molar-refractivity contribution < 1.29 is 14.3 Å². The van der Waals surface area contributed by atoms with Crippen LogP contribution in [0.25, 0.3) is 5.69 Å². The molecule has 0 bridgehead atoms. The average molecular weight is 290 g/mol. The van der Waals surface area contributed by atoms with Crippen LogP contribution in [0.15, 0.2) is 30.5 Å². The number of benzene rings is 1. The molecule has 7 heteroatoms. The third-order valence-corrected chi connectivity index (χ3v) is 3.68. The molecule has 1 aliphatic carbocycles. The zero-order valence-electron chi connectivity index (χ0n) is 11.3. The van der Waals surface area contributed by atoms with E-state index in [2.05, 4.69) is 15.6 Å². The van der Waals surface area contributed by atoms with Gasteiger partial charge in [-0.25, -0.2) is 9.07 Å². The lowest BCUT2D eigenvalue weighted by molar-refractivity contribution is -0.0300. The number of hydrogen-bond donors (Lipinski definition) is 2. The maximum Gasteiger partial charge on any atom is 0.273 e. The highest BCUT2D eigenvalue weighted by molar-refractivity contribution is 5.91. The summed E-state index contributed by atoms with van der Waals surface area (Å²) in [7, 11) is 0. The van der Waals surface area contributed by atoms with Crippen molar-refractivity contribution in [1.82, 2.24) is 20.3 Å². The number of halogens is 1. The number of hydrogen-bond acceptors (Lipinski definition) is 4. The largest absolute Gasteiger partial charge is 0.388 e. The van der Waals surface area contributed by atoms with Crippen molar-refractivity contribution in [3.63, 3.8) is 0 Å². The molecule has 1 aromatic heterocycles. The van der Waals surface area contributed by atoms with Gasteiger partial charge in [-0.05, 0) is 43.5 Å². The Morgan fingerprint density at radius 1 is 1.38 bits per heavy atom. The molecule has 1 aromatic carbocycles. The van der Waals surface area contributed by atoms with Gasteiger partial charge in [-0.1, -0.05) is 5.21 Å². The van der Waals surface area contributed by atoms with Crippen molar-refractivity contribution in [3.05, 3.63) is 42.0 Å². The van der Waals surface area contributed by atoms with Crippen LogP contribution in [0, 0.1) is 5.82 Å². The van der Waals surface area contributed by atoms with Gasteiger partial charge in [0.25, 0.3) is 5.91 Å². The molecule has 1 fully saturated rings. The van der Waals surface area contributed by atoms with Crippen LogP contribution in [0.4, 0.5) is 4.39 Å². The van der Waals surface area contributed by atoms with Gasteiger partial charge >= 0.3 is 0 Å². The van der Waals surface area contributed by atoms with Crippen LogP contribution in [-0.4, -0.2) is 38.2 Å². The molecule has 21 heavy (non-hydrogen) atoms. The predicted octanol–water partition coefficient (Wildman–Crippen LogP) is 1.05. The van der Waals surface area contributed by atoms with Crippen LogP contribution in [0.2, 0.25) is 0 Å². The average Bonchev–Trinajstić information content (AvgIpc) is 2.93. The van der Waals surface area contributed by atoms with Crippen molar-refractivity contribution in [2.45, 2.75) is 24.9 Å². The predicted molar refractivity (Wildman–Crippen MR) is 72.5 cm³/mol. The minimum atomic E-state index is -0.775. The number of nitrogens with zero attached hydrogens (tertiary/aromatic N) is 3. The highest BCUT2D eigenvalue weighted by Crippen LogP contribution is 2.30. The summed E-state index contributed by atoms with van der Waals surface area (Å²) >= 11 is 0. The summed E-state index contributed by atoms with van der Waals surface area (Å²) in [6.07, 6.45) is 3.85. The molecule has 0 radical (unpaired) electrons. The van der Waals surface area contributed by atoms with Crippen LogP contribution in [0.5, 0.6) is 0 Å². The van der Waals surface area contributed by atoms with Gasteiger partial charge in [-0.15, -0.1) is 5.10 Å². The second kappa shape index (κ2) is 5.25. The van der Waals surface area contributed by atoms with Crippen molar-refractivity contribution in [1.29, 1.82) is 0 Å². The fraction of sp³-hybridized carbons (Fsp3) is 0.357. The van der Waals surface area contributed by atoms with E-state index in [0.29, 0.717) is 18.5 Å². The molecule has 0 unspecified atom stereocenters. The Bertz CT molecular complexity index is 649. The lowest BCUT2D eigenvalue weighted by Crippen LogP contribution is -2.47. The molecule has 1 heterocycles. The highest BCUT2D eigenvalue weighted by atomic mass is 19.1. The smallest absolute Gasteiger partial charge is 0.273 e. The molecule has 3 rings (SSSR count). The minimum Gasteiger partial charge on any atom is -0.388 e. The van der Waals surface area contributed by atoms with Gasteiger partial charge in [0.2, 0.25) is 0 Å². The van der Waals surface area contributed by atoms with E-state index >= 15 is 0 Å². The minimum absolute atomic E-state index is 0.155. The summed E-state index contributed by atoms with van der Waals surface area (Å²) in [6.45, 7) is 0.218. The molecule has 0 spiro atoms. The Morgan fingerprint density at radius 3 is 2.71 bits per heavy atom. The van der Waals surface area contributed by atoms with Crippen molar-refractivity contribution >= 4 is 5.91 Å². The normalized spacial score (nSPS) is 16.3. The second-order valence-electron chi connectivity index (χ2n) is 5.29. The number of rotatable bonds is 4. The van der Waals surface area contributed by atoms with Gasteiger partial charge in [0.15, 0.2) is 5.69 Å². The molecular formula is C14H15FN4O2. The Morgan fingerprint density at radius 2 is 2.10 bits per heavy atom. The molecule has 0 aliphatic heterocycles. The first-order valence-electron chi connectivity index (χ1n) is 6.75. The molecule has 2 aromatic rings. The Balaban J connectivity index is 1.66. The number of nitrogens with one attached hydrogen (secondary N) is 1. The van der Waals surface area contributed by atoms with E-state index < -0.39 is 5.60 Å². The SMILES string of the molecule is O=C(NCC1(O)CCC1)c1cn(-c2ccc(F)cc2)nn1. The van der Waals surface area contributed by atoms with E-state index in [0.717, 1.165) is 6.42 Å². The van der Waals surface area contributed by atoms with Crippen LogP contribution in [0.3, 0.4) is 0 Å². The fourth-order valence-corrected chi connectivity index (χ4v) is 2.18. The molecule has 6 nitrogen and oxygen atoms in total. The standard InChI is InChI=1S/C14H15FN4O2/c15-10-2-4-11(5-3-10)19-8-12(17-18-19)13(20)16-9-14(21)6-1-7-14/h2-5,8,21H,1,6-7,9H2,(H,16,20). The van der Waals surface area contributed by atoms with Crippen LogP contribution >= 0.6 is 0 Å². The maximum atomic E-state index is 12.9. The van der Waals surface area contributed by atoms with E-state index in [-0.39, 0.29) is 24.0 Å². The summed E-state index contributed by atoms with van der Waals surface area (Å²) in [5, 5.41) is 20.2. The summed E-state index contributed by atoms with van der Waals surface area (Å²) in [6, 6.07) is 5.71. The first-order valence-corrected chi connectivity index (χ1v) is 6.75. The fourth-order valence-electron chi connectivity index (χ4n) is 2.18. The summed E-state index contributed by atoms with van der Waals surface area (Å²) < 4.78 is 14.2. The zero-order chi connectivity index (χ0) is 14.9. The lowest BCUT2D eigenvalue weighted by atomic mass is 9.80. The number of amides is 1. The van der Waals surface area contributed by atoms with Gasteiger partial charge in [0.1, 0.15) is 5.82 Å². The number of carbonyl (C=O) groups is 1. The molecule has 1 amide bonds. The Hall–Kier alpha value is -2.28. The number of carbonyl (C=O) groups excluding carboxylic acids is 1. The molecule has 0 saturated heterocycles. The summed E-state index contributed by atoms with van der Waals surface area (Å²) in [5.74, 6) is -0.728. The van der Waals surface area contributed by atoms with Crippen LogP contribution in [-0.2, 0) is 0 Å². The van der Waals surface area contributed by atoms with E-state index in [1.807, 2.05) is 0 Å². The van der Waals surface area contributed by atoms with Gasteiger partial charge < -0.3 is 10.4 Å². The molecular weight excluding hydrogens is 275 g/mol. The monoisotopic (exact) mass is 290 g/mol. The van der Waals surface area contributed by atoms with Gasteiger partial charge in [-0.3, -0.25) is 4.79 Å². The highest BCUT2D eigenvalue weighted by Gasteiger charge is 2.34. The van der Waals surface area contributed by atoms with E-state index in [1.165, 1.54) is 23.0 Å². The molecule has 1 saturated carbocycles. The molecule has 110 valence electrons. The number of aliphatic hydroxyl groups is 1. The second-order valence-corrected chi connectivity index (χ2v) is 5.29. The number of aromatic nitrogens is 3. The quantitative estimate of drug-likeness (QED) is 0.882. The van der Waals surface area contributed by atoms with Crippen molar-refractivity contribution in [3.8, 4) is 5.69 Å². The topological polar surface area (TPSA) is 80.0 Å². The summed E-state index contributed by atoms with van der Waals surface area (Å²) in [5.41, 5.74) is -0.00869. The van der Waals surface area contributed by atoms with Gasteiger partial charge in [0, 0.05) is 6.54 Å². The Labute approximate surface area is 120 Å². The van der Waals surface area contributed by atoms with E-state index in [1.54, 1.807) is 12.1 Å². The van der Waals surface area contributed by atoms with Crippen molar-refractivity contribution in [2.24, 2.45) is 0 Å². The zero-order valence-corrected chi connectivity index (χ0v) is 11.3.